The maximum atomic E-state index is 13.7. The summed E-state index contributed by atoms with van der Waals surface area (Å²) in [5.74, 6) is -1.23. The molecule has 2 aromatic rings. The minimum atomic E-state index is -4.87. The number of carbonyl (C=O) groups excluding carboxylic acids is 2. The SMILES string of the molecule is CC[C@@H](C(=O)NCC(C)C)N(Cc1c(Cl)cccc1Cl)C(=O)CN(c1ccc(Cl)c(C(F)(F)F)c1)S(C)(=O)=O. The zero-order chi connectivity index (χ0) is 29.7. The number of hydrogen-bond donors (Lipinski definition) is 1. The van der Waals surface area contributed by atoms with Gasteiger partial charge in [-0.3, -0.25) is 13.9 Å². The van der Waals surface area contributed by atoms with E-state index in [0.717, 1.165) is 23.3 Å². The van der Waals surface area contributed by atoms with E-state index in [0.29, 0.717) is 22.5 Å². The number of halogens is 6. The fourth-order valence-electron chi connectivity index (χ4n) is 3.70. The molecule has 2 rings (SSSR count). The first-order chi connectivity index (χ1) is 18.0. The van der Waals surface area contributed by atoms with E-state index < -0.39 is 56.9 Å². The van der Waals surface area contributed by atoms with Crippen molar-refractivity contribution in [1.82, 2.24) is 10.2 Å². The number of carbonyl (C=O) groups is 2. The number of nitrogens with zero attached hydrogens (tertiary/aromatic N) is 2. The van der Waals surface area contributed by atoms with Crippen LogP contribution in [-0.2, 0) is 32.3 Å². The van der Waals surface area contributed by atoms with E-state index in [9.17, 15) is 31.2 Å². The summed E-state index contributed by atoms with van der Waals surface area (Å²) in [6, 6.07) is 6.14. The molecular weight excluding hydrogens is 602 g/mol. The monoisotopic (exact) mass is 629 g/mol. The summed E-state index contributed by atoms with van der Waals surface area (Å²) in [6.07, 6.45) is -3.96. The molecule has 1 N–H and O–H groups in total. The Kier molecular flexibility index (Phi) is 11.4. The highest BCUT2D eigenvalue weighted by molar-refractivity contribution is 7.92. The molecule has 0 spiro atoms. The molecule has 0 aliphatic heterocycles. The third kappa shape index (κ3) is 8.89. The highest BCUT2D eigenvalue weighted by atomic mass is 35.5. The van der Waals surface area contributed by atoms with Gasteiger partial charge in [-0.2, -0.15) is 13.2 Å². The zero-order valence-electron chi connectivity index (χ0n) is 21.7. The Bertz CT molecular complexity index is 1290. The van der Waals surface area contributed by atoms with Crippen LogP contribution < -0.4 is 9.62 Å². The van der Waals surface area contributed by atoms with Gasteiger partial charge < -0.3 is 10.2 Å². The quantitative estimate of drug-likeness (QED) is 0.330. The molecule has 0 aromatic heterocycles. The van der Waals surface area contributed by atoms with Gasteiger partial charge in [-0.1, -0.05) is 61.6 Å². The molecule has 14 heteroatoms. The van der Waals surface area contributed by atoms with Crippen LogP contribution in [0.2, 0.25) is 15.1 Å². The summed E-state index contributed by atoms with van der Waals surface area (Å²) in [6.45, 7) is 4.62. The topological polar surface area (TPSA) is 86.8 Å². The molecule has 0 saturated carbocycles. The minimum absolute atomic E-state index is 0.113. The molecule has 0 bridgehead atoms. The Morgan fingerprint density at radius 2 is 1.62 bits per heavy atom. The van der Waals surface area contributed by atoms with E-state index in [1.807, 2.05) is 13.8 Å². The predicted molar refractivity (Wildman–Crippen MR) is 148 cm³/mol. The molecule has 2 amide bonds. The summed E-state index contributed by atoms with van der Waals surface area (Å²) in [4.78, 5) is 27.9. The van der Waals surface area contributed by atoms with Crippen LogP contribution in [0.4, 0.5) is 18.9 Å². The van der Waals surface area contributed by atoms with Gasteiger partial charge in [-0.25, -0.2) is 8.42 Å². The molecule has 0 aliphatic carbocycles. The first-order valence-corrected chi connectivity index (χ1v) is 14.8. The number of alkyl halides is 3. The third-order valence-electron chi connectivity index (χ3n) is 5.68. The molecule has 39 heavy (non-hydrogen) atoms. The van der Waals surface area contributed by atoms with Gasteiger partial charge in [0.1, 0.15) is 12.6 Å². The van der Waals surface area contributed by atoms with Crippen molar-refractivity contribution < 1.29 is 31.2 Å². The molecule has 0 radical (unpaired) electrons. The lowest BCUT2D eigenvalue weighted by Crippen LogP contribution is -2.52. The number of sulfonamides is 1. The molecule has 216 valence electrons. The summed E-state index contributed by atoms with van der Waals surface area (Å²) in [5, 5.41) is 2.55. The summed E-state index contributed by atoms with van der Waals surface area (Å²) < 4.78 is 66.3. The third-order valence-corrected chi connectivity index (χ3v) is 7.86. The van der Waals surface area contributed by atoms with E-state index in [4.69, 9.17) is 34.8 Å². The lowest BCUT2D eigenvalue weighted by Gasteiger charge is -2.33. The lowest BCUT2D eigenvalue weighted by atomic mass is 10.1. The van der Waals surface area contributed by atoms with Crippen molar-refractivity contribution in [3.63, 3.8) is 0 Å². The Morgan fingerprint density at radius 3 is 2.10 bits per heavy atom. The van der Waals surface area contributed by atoms with Gasteiger partial charge in [0.2, 0.25) is 21.8 Å². The molecule has 0 fully saturated rings. The van der Waals surface area contributed by atoms with Gasteiger partial charge in [0, 0.05) is 28.7 Å². The van der Waals surface area contributed by atoms with Crippen LogP contribution in [0.5, 0.6) is 0 Å². The van der Waals surface area contributed by atoms with Crippen LogP contribution in [0.3, 0.4) is 0 Å². The van der Waals surface area contributed by atoms with Gasteiger partial charge >= 0.3 is 6.18 Å². The van der Waals surface area contributed by atoms with Crippen molar-refractivity contribution in [2.75, 3.05) is 23.7 Å². The molecule has 0 aliphatic rings. The van der Waals surface area contributed by atoms with Crippen molar-refractivity contribution in [2.45, 2.75) is 46.0 Å². The fourth-order valence-corrected chi connectivity index (χ4v) is 5.28. The van der Waals surface area contributed by atoms with Crippen LogP contribution >= 0.6 is 34.8 Å². The van der Waals surface area contributed by atoms with E-state index in [-0.39, 0.29) is 28.9 Å². The number of amides is 2. The summed E-state index contributed by atoms with van der Waals surface area (Å²) in [7, 11) is -4.26. The van der Waals surface area contributed by atoms with Gasteiger partial charge in [0.05, 0.1) is 22.5 Å². The molecule has 0 heterocycles. The van der Waals surface area contributed by atoms with Crippen LogP contribution in [0.15, 0.2) is 36.4 Å². The standard InChI is InChI=1S/C25H29Cl3F3N3O4S/c1-5-22(24(36)32-12-15(2)3)33(13-17-19(26)7-6-8-20(17)27)23(35)14-34(39(4,37)38)16-9-10-21(28)18(11-16)25(29,30)31/h6-11,15,22H,5,12-14H2,1-4H3,(H,32,36)/t22-/m0/s1. The van der Waals surface area contributed by atoms with Gasteiger partial charge in [0.15, 0.2) is 0 Å². The minimum Gasteiger partial charge on any atom is -0.354 e. The largest absolute Gasteiger partial charge is 0.417 e. The number of benzene rings is 2. The highest BCUT2D eigenvalue weighted by Crippen LogP contribution is 2.37. The maximum Gasteiger partial charge on any atom is 0.417 e. The second-order valence-electron chi connectivity index (χ2n) is 9.22. The average Bonchev–Trinajstić information content (AvgIpc) is 2.81. The van der Waals surface area contributed by atoms with Gasteiger partial charge in [-0.05, 0) is 42.7 Å². The smallest absolute Gasteiger partial charge is 0.354 e. The summed E-state index contributed by atoms with van der Waals surface area (Å²) in [5.41, 5.74) is -1.36. The predicted octanol–water partition coefficient (Wildman–Crippen LogP) is 6.01. The average molecular weight is 631 g/mol. The normalized spacial score (nSPS) is 12.8. The Labute approximate surface area is 241 Å². The van der Waals surface area contributed by atoms with E-state index in [1.165, 1.54) is 0 Å². The summed E-state index contributed by atoms with van der Waals surface area (Å²) >= 11 is 18.3. The Hall–Kier alpha value is -2.21. The van der Waals surface area contributed by atoms with Crippen molar-refractivity contribution >= 4 is 62.3 Å². The van der Waals surface area contributed by atoms with E-state index in [1.54, 1.807) is 25.1 Å². The fraction of sp³-hybridized carbons (Fsp3) is 0.440. The first kappa shape index (κ1) is 33.0. The number of hydrogen-bond acceptors (Lipinski definition) is 4. The molecule has 2 aromatic carbocycles. The Morgan fingerprint density at radius 1 is 1.03 bits per heavy atom. The van der Waals surface area contributed by atoms with Crippen molar-refractivity contribution in [3.8, 4) is 0 Å². The Balaban J connectivity index is 2.57. The molecule has 0 unspecified atom stereocenters. The second-order valence-corrected chi connectivity index (χ2v) is 12.3. The highest BCUT2D eigenvalue weighted by Gasteiger charge is 2.36. The number of rotatable bonds is 11. The molecule has 7 nitrogen and oxygen atoms in total. The lowest BCUT2D eigenvalue weighted by molar-refractivity contribution is -0.140. The van der Waals surface area contributed by atoms with Crippen molar-refractivity contribution in [3.05, 3.63) is 62.6 Å². The molecular formula is C25H29Cl3F3N3O4S. The van der Waals surface area contributed by atoms with E-state index >= 15 is 0 Å². The zero-order valence-corrected chi connectivity index (χ0v) is 24.7. The number of anilines is 1. The van der Waals surface area contributed by atoms with Crippen LogP contribution in [0, 0.1) is 5.92 Å². The number of nitrogens with one attached hydrogen (secondary N) is 1. The van der Waals surface area contributed by atoms with Crippen molar-refractivity contribution in [2.24, 2.45) is 5.92 Å². The molecule has 1 atom stereocenters. The maximum absolute atomic E-state index is 13.7. The van der Waals surface area contributed by atoms with Crippen LogP contribution in [0.25, 0.3) is 0 Å². The molecule has 0 saturated heterocycles. The van der Waals surface area contributed by atoms with Gasteiger partial charge in [-0.15, -0.1) is 0 Å². The first-order valence-electron chi connectivity index (χ1n) is 11.8. The van der Waals surface area contributed by atoms with Crippen molar-refractivity contribution in [1.29, 1.82) is 0 Å². The van der Waals surface area contributed by atoms with Crippen LogP contribution in [-0.4, -0.2) is 50.5 Å². The van der Waals surface area contributed by atoms with E-state index in [2.05, 4.69) is 5.32 Å². The second kappa shape index (κ2) is 13.4. The van der Waals surface area contributed by atoms with Crippen LogP contribution in [0.1, 0.15) is 38.3 Å². The van der Waals surface area contributed by atoms with Gasteiger partial charge in [0.25, 0.3) is 0 Å².